The van der Waals surface area contributed by atoms with Crippen molar-refractivity contribution in [3.8, 4) is 6.07 Å². The minimum absolute atomic E-state index is 0.134. The average molecular weight is 475 g/mol. The first-order valence-corrected chi connectivity index (χ1v) is 13.1. The number of nitrogens with zero attached hydrogens (tertiary/aromatic N) is 4. The number of thioether (sulfide) groups is 1. The summed E-state index contributed by atoms with van der Waals surface area (Å²) in [7, 11) is 0. The summed E-state index contributed by atoms with van der Waals surface area (Å²) in [5.74, 6) is 0.737. The van der Waals surface area contributed by atoms with Gasteiger partial charge in [0.05, 0.1) is 17.4 Å². The van der Waals surface area contributed by atoms with Crippen molar-refractivity contribution < 1.29 is 9.53 Å². The lowest BCUT2D eigenvalue weighted by molar-refractivity contribution is -0.113. The van der Waals surface area contributed by atoms with Gasteiger partial charge in [0.25, 0.3) is 0 Å². The summed E-state index contributed by atoms with van der Waals surface area (Å²) < 4.78 is 8.54. The van der Waals surface area contributed by atoms with Crippen LogP contribution in [-0.2, 0) is 9.53 Å². The van der Waals surface area contributed by atoms with E-state index in [0.29, 0.717) is 17.4 Å². The van der Waals surface area contributed by atoms with Crippen molar-refractivity contribution in [1.29, 1.82) is 5.26 Å². The van der Waals surface area contributed by atoms with Gasteiger partial charge in [-0.15, -0.1) is 10.2 Å². The number of carbonyl (C=O) groups excluding carboxylic acids is 1. The number of anilines is 2. The molecule has 2 aromatic rings. The minimum atomic E-state index is -0.134. The van der Waals surface area contributed by atoms with E-state index in [-0.39, 0.29) is 17.8 Å². The van der Waals surface area contributed by atoms with Gasteiger partial charge in [0.1, 0.15) is 11.9 Å². The molecular weight excluding hydrogens is 444 g/mol. The first-order valence-electron chi connectivity index (χ1n) is 11.3. The lowest BCUT2D eigenvalue weighted by Gasteiger charge is -2.27. The molecule has 8 nitrogen and oxygen atoms in total. The highest BCUT2D eigenvalue weighted by Gasteiger charge is 2.26. The predicted molar refractivity (Wildman–Crippen MR) is 127 cm³/mol. The number of nitriles is 1. The minimum Gasteiger partial charge on any atom is -0.376 e. The van der Waals surface area contributed by atoms with Crippen LogP contribution in [0.3, 0.4) is 0 Å². The average Bonchev–Trinajstić information content (AvgIpc) is 3.53. The second-order valence-corrected chi connectivity index (χ2v) is 10.6. The lowest BCUT2D eigenvalue weighted by Crippen LogP contribution is -2.21. The number of carbonyl (C=O) groups is 1. The Morgan fingerprint density at radius 2 is 2.06 bits per heavy atom. The Bertz CT molecular complexity index is 983. The van der Waals surface area contributed by atoms with E-state index in [1.165, 1.54) is 42.4 Å². The molecular formula is C22H30N6O2S2. The van der Waals surface area contributed by atoms with Crippen molar-refractivity contribution in [3.05, 3.63) is 16.8 Å². The number of hydrogen-bond acceptors (Lipinski definition) is 8. The predicted octanol–water partition coefficient (Wildman–Crippen LogP) is 4.66. The van der Waals surface area contributed by atoms with Gasteiger partial charge >= 0.3 is 0 Å². The molecule has 3 heterocycles. The van der Waals surface area contributed by atoms with Gasteiger partial charge in [0.15, 0.2) is 4.34 Å². The summed E-state index contributed by atoms with van der Waals surface area (Å²) in [4.78, 5) is 12.8. The van der Waals surface area contributed by atoms with Crippen LogP contribution in [0.2, 0.25) is 0 Å². The maximum absolute atomic E-state index is 12.8. The van der Waals surface area contributed by atoms with Crippen LogP contribution >= 0.6 is 23.1 Å². The molecule has 0 aromatic carbocycles. The molecule has 1 unspecified atom stereocenters. The Morgan fingerprint density at radius 1 is 1.25 bits per heavy atom. The molecule has 10 heteroatoms. The Morgan fingerprint density at radius 3 is 2.78 bits per heavy atom. The lowest BCUT2D eigenvalue weighted by atomic mass is 9.95. The molecule has 2 N–H and O–H groups in total. The van der Waals surface area contributed by atoms with Crippen LogP contribution in [0.15, 0.2) is 4.34 Å². The maximum atomic E-state index is 12.8. The largest absolute Gasteiger partial charge is 0.376 e. The van der Waals surface area contributed by atoms with Gasteiger partial charge in [-0.1, -0.05) is 42.4 Å². The zero-order valence-corrected chi connectivity index (χ0v) is 20.3. The number of rotatable bonds is 8. The molecule has 1 aliphatic heterocycles. The van der Waals surface area contributed by atoms with Gasteiger partial charge in [0.2, 0.25) is 11.0 Å². The van der Waals surface area contributed by atoms with E-state index in [2.05, 4.69) is 31.5 Å². The van der Waals surface area contributed by atoms with Crippen LogP contribution < -0.4 is 10.6 Å². The molecule has 1 aliphatic carbocycles. The number of ether oxygens (including phenoxy) is 1. The summed E-state index contributed by atoms with van der Waals surface area (Å²) in [5.41, 5.74) is 2.59. The fourth-order valence-electron chi connectivity index (χ4n) is 4.52. The number of nitrogens with one attached hydrogen (secondary N) is 2. The summed E-state index contributed by atoms with van der Waals surface area (Å²) in [6.07, 6.45) is 8.22. The van der Waals surface area contributed by atoms with Gasteiger partial charge < -0.3 is 19.9 Å². The van der Waals surface area contributed by atoms with E-state index in [1.807, 2.05) is 13.8 Å². The Hall–Kier alpha value is -2.09. The SMILES string of the molecule is Cc1c(C#N)c(NC(=O)CSc2nnc(NCC3CCCO3)s2)n(C2CCCCC2)c1C. The second kappa shape index (κ2) is 10.7. The monoisotopic (exact) mass is 474 g/mol. The Labute approximate surface area is 197 Å². The summed E-state index contributed by atoms with van der Waals surface area (Å²) in [6.45, 7) is 5.56. The second-order valence-electron chi connectivity index (χ2n) is 8.43. The summed E-state index contributed by atoms with van der Waals surface area (Å²) in [6, 6.07) is 2.64. The van der Waals surface area contributed by atoms with E-state index < -0.39 is 0 Å². The highest BCUT2D eigenvalue weighted by Crippen LogP contribution is 2.37. The topological polar surface area (TPSA) is 105 Å². The summed E-state index contributed by atoms with van der Waals surface area (Å²) >= 11 is 2.80. The fraction of sp³-hybridized carbons (Fsp3) is 0.636. The van der Waals surface area contributed by atoms with E-state index in [4.69, 9.17) is 4.74 Å². The van der Waals surface area contributed by atoms with Crippen molar-refractivity contribution in [1.82, 2.24) is 14.8 Å². The third-order valence-corrected chi connectivity index (χ3v) is 8.32. The van der Waals surface area contributed by atoms with Gasteiger partial charge in [-0.3, -0.25) is 4.79 Å². The molecule has 0 radical (unpaired) electrons. The molecule has 1 saturated heterocycles. The van der Waals surface area contributed by atoms with Crippen molar-refractivity contribution in [2.75, 3.05) is 29.5 Å². The van der Waals surface area contributed by atoms with E-state index >= 15 is 0 Å². The van der Waals surface area contributed by atoms with Crippen molar-refractivity contribution in [2.24, 2.45) is 0 Å². The summed E-state index contributed by atoms with van der Waals surface area (Å²) in [5, 5.41) is 25.1. The van der Waals surface area contributed by atoms with Gasteiger partial charge in [-0.2, -0.15) is 5.26 Å². The molecule has 2 fully saturated rings. The van der Waals surface area contributed by atoms with Crippen LogP contribution in [0.5, 0.6) is 0 Å². The number of aromatic nitrogens is 3. The van der Waals surface area contributed by atoms with Gasteiger partial charge in [-0.05, 0) is 45.1 Å². The maximum Gasteiger partial charge on any atom is 0.235 e. The first-order chi connectivity index (χ1) is 15.6. The van der Waals surface area contributed by atoms with Gasteiger partial charge in [-0.25, -0.2) is 0 Å². The van der Waals surface area contributed by atoms with Gasteiger partial charge in [0, 0.05) is 24.9 Å². The van der Waals surface area contributed by atoms with E-state index in [1.54, 1.807) is 0 Å². The van der Waals surface area contributed by atoms with Crippen LogP contribution in [0.4, 0.5) is 10.9 Å². The van der Waals surface area contributed by atoms with Crippen molar-refractivity contribution in [2.45, 2.75) is 75.3 Å². The van der Waals surface area contributed by atoms with Crippen LogP contribution in [0.25, 0.3) is 0 Å². The Balaban J connectivity index is 1.37. The molecule has 172 valence electrons. The van der Waals surface area contributed by atoms with E-state index in [9.17, 15) is 10.1 Å². The molecule has 2 aliphatic rings. The van der Waals surface area contributed by atoms with Crippen molar-refractivity contribution in [3.63, 3.8) is 0 Å². The third-order valence-electron chi connectivity index (χ3n) is 6.30. The fourth-order valence-corrected chi connectivity index (χ4v) is 6.08. The number of hydrogen-bond donors (Lipinski definition) is 2. The van der Waals surface area contributed by atoms with Crippen LogP contribution in [-0.4, -0.2) is 45.7 Å². The van der Waals surface area contributed by atoms with E-state index in [0.717, 1.165) is 59.6 Å². The standard InChI is InChI=1S/C22H30N6O2S2/c1-14-15(2)28(16-7-4-3-5-8-16)20(18(14)11-23)25-19(29)13-31-22-27-26-21(32-22)24-12-17-9-6-10-30-17/h16-17H,3-10,12-13H2,1-2H3,(H,24,26)(H,25,29). The molecule has 0 bridgehead atoms. The molecule has 0 spiro atoms. The highest BCUT2D eigenvalue weighted by atomic mass is 32.2. The van der Waals surface area contributed by atoms with Crippen LogP contribution in [0.1, 0.15) is 67.8 Å². The number of amides is 1. The zero-order valence-electron chi connectivity index (χ0n) is 18.6. The normalized spacial score (nSPS) is 19.1. The zero-order chi connectivity index (χ0) is 22.5. The molecule has 1 amide bonds. The van der Waals surface area contributed by atoms with Crippen LogP contribution in [0, 0.1) is 25.2 Å². The Kier molecular flexibility index (Phi) is 7.71. The molecule has 32 heavy (non-hydrogen) atoms. The van der Waals surface area contributed by atoms with Crippen molar-refractivity contribution >= 4 is 40.0 Å². The molecule has 1 atom stereocenters. The molecule has 2 aromatic heterocycles. The molecule has 1 saturated carbocycles. The highest BCUT2D eigenvalue weighted by molar-refractivity contribution is 8.01. The molecule has 4 rings (SSSR count). The third kappa shape index (κ3) is 5.27. The first kappa shape index (κ1) is 23.1. The quantitative estimate of drug-likeness (QED) is 0.536. The smallest absolute Gasteiger partial charge is 0.235 e.